The topological polar surface area (TPSA) is 113 Å². The molecule has 3 heterocycles. The van der Waals surface area contributed by atoms with E-state index in [-0.39, 0.29) is 24.2 Å². The highest BCUT2D eigenvalue weighted by Crippen LogP contribution is 2.12. The third-order valence-corrected chi connectivity index (χ3v) is 5.48. The summed E-state index contributed by atoms with van der Waals surface area (Å²) in [5.41, 5.74) is 6.29. The molecule has 3 fully saturated rings. The molecule has 3 aliphatic rings. The van der Waals surface area contributed by atoms with Crippen molar-refractivity contribution in [1.29, 1.82) is 0 Å². The van der Waals surface area contributed by atoms with Gasteiger partial charge < -0.3 is 20.8 Å². The minimum atomic E-state index is -0.565. The summed E-state index contributed by atoms with van der Waals surface area (Å²) >= 11 is 0. The lowest BCUT2D eigenvalue weighted by Crippen LogP contribution is -2.69. The molecule has 8 heteroatoms. The second-order valence-corrected chi connectivity index (χ2v) is 7.31. The van der Waals surface area contributed by atoms with Gasteiger partial charge in [-0.05, 0) is 38.8 Å². The molecule has 3 rings (SSSR count). The van der Waals surface area contributed by atoms with Gasteiger partial charge in [-0.2, -0.15) is 0 Å². The van der Waals surface area contributed by atoms with Crippen LogP contribution in [0.4, 0.5) is 0 Å². The molecule has 0 aromatic carbocycles. The number of aliphatic hydroxyl groups is 2. The first-order valence-corrected chi connectivity index (χ1v) is 9.55. The second kappa shape index (κ2) is 9.40. The Hall–Kier alpha value is -0.320. The van der Waals surface area contributed by atoms with E-state index in [4.69, 9.17) is 0 Å². The molecule has 0 aromatic heterocycles. The van der Waals surface area contributed by atoms with Gasteiger partial charge in [0.15, 0.2) is 0 Å². The van der Waals surface area contributed by atoms with E-state index in [2.05, 4.69) is 32.1 Å². The van der Waals surface area contributed by atoms with Gasteiger partial charge in [-0.15, -0.1) is 0 Å². The lowest BCUT2D eigenvalue weighted by molar-refractivity contribution is 0.0342. The van der Waals surface area contributed by atoms with Crippen LogP contribution in [-0.2, 0) is 0 Å². The SMILES string of the molecule is OC(NC1CNNCC1NC(O)C1CCCCN1)C1CCCCN1. The summed E-state index contributed by atoms with van der Waals surface area (Å²) in [6.07, 6.45) is 5.56. The summed E-state index contributed by atoms with van der Waals surface area (Å²) in [6, 6.07) is 0.338. The summed E-state index contributed by atoms with van der Waals surface area (Å²) < 4.78 is 0. The maximum Gasteiger partial charge on any atom is 0.120 e. The molecule has 0 aliphatic carbocycles. The van der Waals surface area contributed by atoms with Gasteiger partial charge in [0, 0.05) is 37.3 Å². The van der Waals surface area contributed by atoms with Gasteiger partial charge in [-0.1, -0.05) is 12.8 Å². The predicted octanol–water partition coefficient (Wildman–Crippen LogP) is -2.07. The van der Waals surface area contributed by atoms with Gasteiger partial charge in [-0.3, -0.25) is 21.5 Å². The minimum Gasteiger partial charge on any atom is -0.377 e. The summed E-state index contributed by atoms with van der Waals surface area (Å²) in [7, 11) is 0. The first-order valence-electron chi connectivity index (χ1n) is 9.55. The fourth-order valence-corrected chi connectivity index (χ4v) is 3.97. The molecule has 3 saturated heterocycles. The van der Waals surface area contributed by atoms with Crippen molar-refractivity contribution < 1.29 is 10.2 Å². The first-order chi connectivity index (χ1) is 11.7. The molecule has 24 heavy (non-hydrogen) atoms. The van der Waals surface area contributed by atoms with E-state index < -0.39 is 12.5 Å². The highest BCUT2D eigenvalue weighted by atomic mass is 16.3. The maximum atomic E-state index is 10.5. The van der Waals surface area contributed by atoms with Crippen LogP contribution >= 0.6 is 0 Å². The second-order valence-electron chi connectivity index (χ2n) is 7.31. The standard InChI is InChI=1S/C16H34N6O2/c23-15(11-5-1-3-7-17-11)21-13-9-19-20-10-14(13)22-16(24)12-6-2-4-8-18-12/h11-24H,1-10H2. The number of hydrogen-bond acceptors (Lipinski definition) is 8. The number of hydrazine groups is 1. The Morgan fingerprint density at radius 2 is 1.17 bits per heavy atom. The van der Waals surface area contributed by atoms with E-state index in [1.807, 2.05) is 0 Å². The Labute approximate surface area is 144 Å². The van der Waals surface area contributed by atoms with Gasteiger partial charge >= 0.3 is 0 Å². The Morgan fingerprint density at radius 1 is 0.708 bits per heavy atom. The van der Waals surface area contributed by atoms with E-state index >= 15 is 0 Å². The molecule has 0 spiro atoms. The van der Waals surface area contributed by atoms with Gasteiger partial charge in [0.05, 0.1) is 0 Å². The molecule has 0 radical (unpaired) electrons. The average molecular weight is 342 g/mol. The Morgan fingerprint density at radius 3 is 1.54 bits per heavy atom. The molecule has 6 unspecified atom stereocenters. The van der Waals surface area contributed by atoms with Crippen LogP contribution in [0.3, 0.4) is 0 Å². The van der Waals surface area contributed by atoms with E-state index in [1.165, 1.54) is 12.8 Å². The van der Waals surface area contributed by atoms with Crippen molar-refractivity contribution in [2.45, 2.75) is 75.1 Å². The van der Waals surface area contributed by atoms with Crippen molar-refractivity contribution in [1.82, 2.24) is 32.1 Å². The molecule has 8 N–H and O–H groups in total. The third-order valence-electron chi connectivity index (χ3n) is 5.48. The van der Waals surface area contributed by atoms with Crippen LogP contribution in [0.2, 0.25) is 0 Å². The number of aliphatic hydroxyl groups excluding tert-OH is 2. The predicted molar refractivity (Wildman–Crippen MR) is 93.1 cm³/mol. The fourth-order valence-electron chi connectivity index (χ4n) is 3.97. The van der Waals surface area contributed by atoms with E-state index in [1.54, 1.807) is 0 Å². The van der Waals surface area contributed by atoms with Crippen LogP contribution in [0.25, 0.3) is 0 Å². The minimum absolute atomic E-state index is 0.0585. The zero-order valence-electron chi connectivity index (χ0n) is 14.4. The molecule has 8 nitrogen and oxygen atoms in total. The Balaban J connectivity index is 1.50. The molecule has 0 bridgehead atoms. The normalized spacial score (nSPS) is 37.8. The van der Waals surface area contributed by atoms with Gasteiger partial charge in [0.1, 0.15) is 12.5 Å². The number of piperidine rings is 2. The smallest absolute Gasteiger partial charge is 0.120 e. The molecular weight excluding hydrogens is 308 g/mol. The van der Waals surface area contributed by atoms with Crippen molar-refractivity contribution in [3.63, 3.8) is 0 Å². The van der Waals surface area contributed by atoms with Gasteiger partial charge in [-0.25, -0.2) is 0 Å². The number of rotatable bonds is 6. The molecule has 0 saturated carbocycles. The van der Waals surface area contributed by atoms with E-state index in [0.717, 1.165) is 38.8 Å². The van der Waals surface area contributed by atoms with Crippen molar-refractivity contribution >= 4 is 0 Å². The summed E-state index contributed by atoms with van der Waals surface area (Å²) in [5.74, 6) is 0. The molecule has 6 atom stereocenters. The number of nitrogens with one attached hydrogen (secondary N) is 6. The first kappa shape index (κ1) is 18.5. The lowest BCUT2D eigenvalue weighted by atomic mass is 9.99. The summed E-state index contributed by atoms with van der Waals surface area (Å²) in [5, 5.41) is 34.5. The molecular formula is C16H34N6O2. The zero-order valence-corrected chi connectivity index (χ0v) is 14.4. The van der Waals surface area contributed by atoms with Gasteiger partial charge in [0.2, 0.25) is 0 Å². The summed E-state index contributed by atoms with van der Waals surface area (Å²) in [6.45, 7) is 3.35. The van der Waals surface area contributed by atoms with Crippen LogP contribution in [0.15, 0.2) is 0 Å². The quantitative estimate of drug-likeness (QED) is 0.260. The third kappa shape index (κ3) is 5.09. The Bertz CT molecular complexity index is 328. The number of hydrogen-bond donors (Lipinski definition) is 8. The summed E-state index contributed by atoms with van der Waals surface area (Å²) in [4.78, 5) is 0. The highest BCUT2D eigenvalue weighted by molar-refractivity contribution is 4.93. The van der Waals surface area contributed by atoms with Crippen molar-refractivity contribution in [3.8, 4) is 0 Å². The van der Waals surface area contributed by atoms with Crippen LogP contribution in [0, 0.1) is 0 Å². The van der Waals surface area contributed by atoms with Crippen molar-refractivity contribution in [2.75, 3.05) is 26.2 Å². The molecule has 3 aliphatic heterocycles. The van der Waals surface area contributed by atoms with Gasteiger partial charge in [0.25, 0.3) is 0 Å². The highest BCUT2D eigenvalue weighted by Gasteiger charge is 2.32. The van der Waals surface area contributed by atoms with Crippen LogP contribution in [0.5, 0.6) is 0 Å². The van der Waals surface area contributed by atoms with Crippen LogP contribution in [-0.4, -0.2) is 73.0 Å². The molecule has 0 aromatic rings. The molecule has 140 valence electrons. The monoisotopic (exact) mass is 342 g/mol. The molecule has 0 amide bonds. The van der Waals surface area contributed by atoms with Crippen LogP contribution < -0.4 is 32.1 Å². The van der Waals surface area contributed by atoms with E-state index in [0.29, 0.717) is 13.1 Å². The van der Waals surface area contributed by atoms with E-state index in [9.17, 15) is 10.2 Å². The lowest BCUT2D eigenvalue weighted by Gasteiger charge is -2.40. The maximum absolute atomic E-state index is 10.5. The average Bonchev–Trinajstić information content (AvgIpc) is 2.64. The van der Waals surface area contributed by atoms with Crippen molar-refractivity contribution in [2.24, 2.45) is 0 Å². The van der Waals surface area contributed by atoms with Crippen LogP contribution in [0.1, 0.15) is 38.5 Å². The largest absolute Gasteiger partial charge is 0.377 e. The van der Waals surface area contributed by atoms with Crippen molar-refractivity contribution in [3.05, 3.63) is 0 Å². The Kier molecular flexibility index (Phi) is 7.23. The fraction of sp³-hybridized carbons (Fsp3) is 1.00. The zero-order chi connectivity index (χ0) is 16.8.